The van der Waals surface area contributed by atoms with Crippen molar-refractivity contribution in [3.63, 3.8) is 0 Å². The first-order valence-corrected chi connectivity index (χ1v) is 9.40. The highest BCUT2D eigenvalue weighted by atomic mass is 16.4. The van der Waals surface area contributed by atoms with Gasteiger partial charge >= 0.3 is 11.9 Å². The number of carboxylic acids is 2. The molecule has 0 amide bonds. The lowest BCUT2D eigenvalue weighted by molar-refractivity contribution is 0.0652. The molecule has 0 radical (unpaired) electrons. The van der Waals surface area contributed by atoms with Crippen molar-refractivity contribution in [2.24, 2.45) is 0 Å². The second-order valence-electron chi connectivity index (χ2n) is 6.86. The quantitative estimate of drug-likeness (QED) is 0.430. The molecule has 0 bridgehead atoms. The monoisotopic (exact) mass is 394 g/mol. The van der Waals surface area contributed by atoms with Gasteiger partial charge in [0.1, 0.15) is 0 Å². The zero-order chi connectivity index (χ0) is 21.1. The molecule has 4 nitrogen and oxygen atoms in total. The predicted octanol–water partition coefficient (Wildman–Crippen LogP) is 6.08. The maximum Gasteiger partial charge on any atom is 0.337 e. The van der Waals surface area contributed by atoms with Crippen LogP contribution in [0.2, 0.25) is 0 Å². The molecule has 4 aromatic carbocycles. The zero-order valence-electron chi connectivity index (χ0n) is 15.9. The first-order valence-electron chi connectivity index (χ1n) is 9.40. The number of benzene rings is 4. The van der Waals surface area contributed by atoms with Gasteiger partial charge < -0.3 is 10.2 Å². The van der Waals surface area contributed by atoms with Crippen LogP contribution in [-0.2, 0) is 0 Å². The van der Waals surface area contributed by atoms with Crippen LogP contribution in [0.4, 0.5) is 0 Å². The number of hydrogen-bond acceptors (Lipinski definition) is 2. The summed E-state index contributed by atoms with van der Waals surface area (Å²) in [6.45, 7) is 0. The Balaban J connectivity index is 1.67. The highest BCUT2D eigenvalue weighted by molar-refractivity contribution is 6.06. The van der Waals surface area contributed by atoms with Crippen LogP contribution in [0.25, 0.3) is 33.4 Å². The van der Waals surface area contributed by atoms with Gasteiger partial charge in [-0.05, 0) is 39.4 Å². The minimum atomic E-state index is -1.26. The Morgan fingerprint density at radius 3 is 1.40 bits per heavy atom. The van der Waals surface area contributed by atoms with Crippen molar-refractivity contribution >= 4 is 11.9 Å². The van der Waals surface area contributed by atoms with E-state index in [1.165, 1.54) is 6.07 Å². The second-order valence-corrected chi connectivity index (χ2v) is 6.86. The minimum Gasteiger partial charge on any atom is -0.478 e. The molecule has 0 saturated heterocycles. The Morgan fingerprint density at radius 2 is 0.933 bits per heavy atom. The fourth-order valence-electron chi connectivity index (χ4n) is 3.53. The van der Waals surface area contributed by atoms with Crippen LogP contribution in [0.3, 0.4) is 0 Å². The molecule has 0 aliphatic carbocycles. The highest BCUT2D eigenvalue weighted by Gasteiger charge is 2.20. The molecule has 2 N–H and O–H groups in total. The smallest absolute Gasteiger partial charge is 0.337 e. The molecule has 0 spiro atoms. The molecule has 0 aliphatic heterocycles. The van der Waals surface area contributed by atoms with E-state index >= 15 is 0 Å². The maximum atomic E-state index is 11.7. The molecule has 0 aliphatic rings. The van der Waals surface area contributed by atoms with E-state index < -0.39 is 11.9 Å². The van der Waals surface area contributed by atoms with Gasteiger partial charge in [-0.15, -0.1) is 0 Å². The van der Waals surface area contributed by atoms with Crippen molar-refractivity contribution < 1.29 is 19.8 Å². The van der Waals surface area contributed by atoms with Crippen LogP contribution in [0.5, 0.6) is 0 Å². The number of rotatable bonds is 5. The standard InChI is InChI=1S/C26H18O4/c27-25(28)23-8-4-7-22(24(23)26(29)30)21-15-13-20(14-16-21)19-11-9-18(10-12-19)17-5-2-1-3-6-17/h1-16H,(H,27,28)(H,29,30). The van der Waals surface area contributed by atoms with E-state index in [2.05, 4.69) is 24.3 Å². The number of carboxylic acid groups (broad SMARTS) is 2. The molecule has 0 unspecified atom stereocenters. The molecule has 4 rings (SSSR count). The third kappa shape index (κ3) is 3.71. The van der Waals surface area contributed by atoms with E-state index in [1.54, 1.807) is 12.1 Å². The molecule has 30 heavy (non-hydrogen) atoms. The molecule has 4 aromatic rings. The van der Waals surface area contributed by atoms with Crippen LogP contribution in [0.1, 0.15) is 20.7 Å². The molecule has 0 aromatic heterocycles. The van der Waals surface area contributed by atoms with Gasteiger partial charge in [0.15, 0.2) is 0 Å². The topological polar surface area (TPSA) is 74.6 Å². The van der Waals surface area contributed by atoms with Gasteiger partial charge in [0.25, 0.3) is 0 Å². The fourth-order valence-corrected chi connectivity index (χ4v) is 3.53. The van der Waals surface area contributed by atoms with Gasteiger partial charge in [-0.3, -0.25) is 0 Å². The van der Waals surface area contributed by atoms with Crippen LogP contribution in [0, 0.1) is 0 Å². The predicted molar refractivity (Wildman–Crippen MR) is 117 cm³/mol. The fraction of sp³-hybridized carbons (Fsp3) is 0. The molecule has 0 saturated carbocycles. The first kappa shape index (κ1) is 19.2. The molecular weight excluding hydrogens is 376 g/mol. The number of hydrogen-bond donors (Lipinski definition) is 2. The summed E-state index contributed by atoms with van der Waals surface area (Å²) in [6, 6.07) is 30.3. The van der Waals surface area contributed by atoms with Crippen molar-refractivity contribution in [1.29, 1.82) is 0 Å². The van der Waals surface area contributed by atoms with E-state index in [-0.39, 0.29) is 11.1 Å². The number of carbonyl (C=O) groups is 2. The molecular formula is C26H18O4. The Morgan fingerprint density at radius 1 is 0.467 bits per heavy atom. The minimum absolute atomic E-state index is 0.204. The Bertz CT molecular complexity index is 1210. The summed E-state index contributed by atoms with van der Waals surface area (Å²) in [5, 5.41) is 18.9. The SMILES string of the molecule is O=C(O)c1cccc(-c2ccc(-c3ccc(-c4ccccc4)cc3)cc2)c1C(=O)O. The number of aromatic carboxylic acids is 2. The van der Waals surface area contributed by atoms with Crippen molar-refractivity contribution in [2.45, 2.75) is 0 Å². The van der Waals surface area contributed by atoms with Crippen molar-refractivity contribution in [1.82, 2.24) is 0 Å². The van der Waals surface area contributed by atoms with Gasteiger partial charge in [-0.2, -0.15) is 0 Å². The van der Waals surface area contributed by atoms with Crippen molar-refractivity contribution in [3.8, 4) is 33.4 Å². The molecule has 0 atom stereocenters. The lowest BCUT2D eigenvalue weighted by Gasteiger charge is -2.10. The average Bonchev–Trinajstić information content (AvgIpc) is 2.79. The van der Waals surface area contributed by atoms with E-state index in [0.717, 1.165) is 22.3 Å². The zero-order valence-corrected chi connectivity index (χ0v) is 15.9. The maximum absolute atomic E-state index is 11.7. The van der Waals surface area contributed by atoms with E-state index in [0.29, 0.717) is 11.1 Å². The van der Waals surface area contributed by atoms with Gasteiger partial charge in [-0.25, -0.2) is 9.59 Å². The van der Waals surface area contributed by atoms with Gasteiger partial charge in [0.05, 0.1) is 11.1 Å². The van der Waals surface area contributed by atoms with Gasteiger partial charge in [-0.1, -0.05) is 91.0 Å². The summed E-state index contributed by atoms with van der Waals surface area (Å²) in [5.74, 6) is -2.52. The van der Waals surface area contributed by atoms with Crippen LogP contribution >= 0.6 is 0 Å². The summed E-state index contributed by atoms with van der Waals surface area (Å²) in [7, 11) is 0. The summed E-state index contributed by atoms with van der Waals surface area (Å²) in [4.78, 5) is 23.1. The largest absolute Gasteiger partial charge is 0.478 e. The Kier molecular flexibility index (Phi) is 5.14. The lowest BCUT2D eigenvalue weighted by Crippen LogP contribution is -2.09. The third-order valence-corrected chi connectivity index (χ3v) is 5.03. The van der Waals surface area contributed by atoms with Crippen molar-refractivity contribution in [2.75, 3.05) is 0 Å². The summed E-state index contributed by atoms with van der Waals surface area (Å²) in [5.41, 5.74) is 4.93. The average molecular weight is 394 g/mol. The van der Waals surface area contributed by atoms with E-state index in [9.17, 15) is 19.8 Å². The van der Waals surface area contributed by atoms with E-state index in [1.807, 2.05) is 54.6 Å². The molecule has 0 heterocycles. The van der Waals surface area contributed by atoms with Gasteiger partial charge in [0.2, 0.25) is 0 Å². The lowest BCUT2D eigenvalue weighted by atomic mass is 9.93. The van der Waals surface area contributed by atoms with Gasteiger partial charge in [0, 0.05) is 0 Å². The van der Waals surface area contributed by atoms with Crippen LogP contribution < -0.4 is 0 Å². The molecule has 146 valence electrons. The molecule has 0 fully saturated rings. The van der Waals surface area contributed by atoms with Crippen LogP contribution in [0.15, 0.2) is 97.1 Å². The first-order chi connectivity index (χ1) is 14.5. The third-order valence-electron chi connectivity index (χ3n) is 5.03. The van der Waals surface area contributed by atoms with Crippen LogP contribution in [-0.4, -0.2) is 22.2 Å². The Labute approximate surface area is 173 Å². The van der Waals surface area contributed by atoms with Crippen molar-refractivity contribution in [3.05, 3.63) is 108 Å². The van der Waals surface area contributed by atoms with E-state index in [4.69, 9.17) is 0 Å². The highest BCUT2D eigenvalue weighted by Crippen LogP contribution is 2.30. The summed E-state index contributed by atoms with van der Waals surface area (Å²) >= 11 is 0. The Hall–Kier alpha value is -4.18. The second kappa shape index (κ2) is 8.05. The molecule has 4 heteroatoms. The summed E-state index contributed by atoms with van der Waals surface area (Å²) in [6.07, 6.45) is 0. The normalized spacial score (nSPS) is 10.5. The summed E-state index contributed by atoms with van der Waals surface area (Å²) < 4.78 is 0.